The molecule has 1 amide bonds. The first-order chi connectivity index (χ1) is 9.27. The minimum Gasteiger partial charge on any atom is -0.397 e. The first kappa shape index (κ1) is 14.5. The number of amides is 1. The van der Waals surface area contributed by atoms with Crippen LogP contribution in [0.15, 0.2) is 18.2 Å². The van der Waals surface area contributed by atoms with Crippen molar-refractivity contribution in [2.24, 2.45) is 0 Å². The van der Waals surface area contributed by atoms with Gasteiger partial charge in [0.2, 0.25) is 5.91 Å². The Morgan fingerprint density at radius 3 is 2.55 bits per heavy atom. The molecule has 1 aliphatic rings. The largest absolute Gasteiger partial charge is 0.416 e. The lowest BCUT2D eigenvalue weighted by molar-refractivity contribution is -0.137. The lowest BCUT2D eigenvalue weighted by Gasteiger charge is -2.17. The third-order valence-electron chi connectivity index (χ3n) is 3.07. The van der Waals surface area contributed by atoms with Crippen LogP contribution in [0, 0.1) is 0 Å². The van der Waals surface area contributed by atoms with Crippen molar-refractivity contribution in [1.29, 1.82) is 0 Å². The van der Waals surface area contributed by atoms with Crippen molar-refractivity contribution in [3.05, 3.63) is 23.8 Å². The number of hydrogen-bond donors (Lipinski definition) is 3. The fourth-order valence-electron chi connectivity index (χ4n) is 1.72. The van der Waals surface area contributed by atoms with Crippen LogP contribution in [0.1, 0.15) is 25.3 Å². The molecule has 4 nitrogen and oxygen atoms in total. The molecule has 110 valence electrons. The molecule has 0 spiro atoms. The van der Waals surface area contributed by atoms with Crippen molar-refractivity contribution >= 4 is 17.3 Å². The van der Waals surface area contributed by atoms with E-state index >= 15 is 0 Å². The highest BCUT2D eigenvalue weighted by molar-refractivity contribution is 5.86. The van der Waals surface area contributed by atoms with Gasteiger partial charge in [0.15, 0.2) is 0 Å². The normalized spacial score (nSPS) is 16.6. The van der Waals surface area contributed by atoms with Crippen molar-refractivity contribution in [1.82, 2.24) is 5.32 Å². The Hall–Kier alpha value is -1.92. The van der Waals surface area contributed by atoms with E-state index in [0.29, 0.717) is 5.69 Å². The summed E-state index contributed by atoms with van der Waals surface area (Å²) < 4.78 is 37.5. The van der Waals surface area contributed by atoms with Crippen molar-refractivity contribution in [2.45, 2.75) is 38.0 Å². The zero-order valence-electron chi connectivity index (χ0n) is 10.9. The summed E-state index contributed by atoms with van der Waals surface area (Å²) >= 11 is 0. The number of alkyl halides is 3. The van der Waals surface area contributed by atoms with Crippen molar-refractivity contribution in [3.63, 3.8) is 0 Å². The van der Waals surface area contributed by atoms with Crippen LogP contribution in [0.3, 0.4) is 0 Å². The van der Waals surface area contributed by atoms with E-state index in [4.69, 9.17) is 5.73 Å². The number of hydrogen-bond acceptors (Lipinski definition) is 3. The molecule has 7 heteroatoms. The summed E-state index contributed by atoms with van der Waals surface area (Å²) in [5, 5.41) is 5.62. The van der Waals surface area contributed by atoms with Crippen LogP contribution in [0.5, 0.6) is 0 Å². The average Bonchev–Trinajstić information content (AvgIpc) is 3.14. The highest BCUT2D eigenvalue weighted by Crippen LogP contribution is 2.33. The van der Waals surface area contributed by atoms with Crippen LogP contribution in [0.2, 0.25) is 0 Å². The Morgan fingerprint density at radius 2 is 2.05 bits per heavy atom. The molecule has 0 aromatic heterocycles. The Labute approximate surface area is 114 Å². The fraction of sp³-hybridized carbons (Fsp3) is 0.462. The van der Waals surface area contributed by atoms with Gasteiger partial charge >= 0.3 is 6.18 Å². The number of benzene rings is 1. The molecule has 1 unspecified atom stereocenters. The molecule has 1 aromatic rings. The van der Waals surface area contributed by atoms with E-state index in [0.717, 1.165) is 25.0 Å². The predicted octanol–water partition coefficient (Wildman–Crippen LogP) is 2.37. The number of carbonyl (C=O) groups is 1. The van der Waals surface area contributed by atoms with Crippen molar-refractivity contribution in [3.8, 4) is 0 Å². The molecule has 1 aliphatic carbocycles. The third-order valence-corrected chi connectivity index (χ3v) is 3.07. The van der Waals surface area contributed by atoms with Gasteiger partial charge in [-0.05, 0) is 38.0 Å². The molecule has 1 saturated carbocycles. The lowest BCUT2D eigenvalue weighted by Crippen LogP contribution is -2.38. The molecule has 4 N–H and O–H groups in total. The van der Waals surface area contributed by atoms with Gasteiger partial charge in [-0.25, -0.2) is 0 Å². The lowest BCUT2D eigenvalue weighted by atomic mass is 10.1. The molecular formula is C13H16F3N3O. The molecular weight excluding hydrogens is 271 g/mol. The standard InChI is InChI=1S/C13H16F3N3O/c1-7(12(20)19-9-3-4-9)18-11-5-2-8(6-10(11)17)13(14,15)16/h2,5-7,9,18H,3-4,17H2,1H3,(H,19,20). The molecule has 1 fully saturated rings. The van der Waals surface area contributed by atoms with Gasteiger partial charge in [-0.1, -0.05) is 0 Å². The van der Waals surface area contributed by atoms with E-state index in [1.807, 2.05) is 0 Å². The number of nitrogens with two attached hydrogens (primary N) is 1. The highest BCUT2D eigenvalue weighted by atomic mass is 19.4. The van der Waals surface area contributed by atoms with E-state index in [-0.39, 0.29) is 17.6 Å². The molecule has 0 bridgehead atoms. The summed E-state index contributed by atoms with van der Waals surface area (Å²) in [7, 11) is 0. The Balaban J connectivity index is 2.03. The molecule has 0 aliphatic heterocycles. The second-order valence-corrected chi connectivity index (χ2v) is 4.95. The van der Waals surface area contributed by atoms with Gasteiger partial charge < -0.3 is 16.4 Å². The van der Waals surface area contributed by atoms with Crippen molar-refractivity contribution in [2.75, 3.05) is 11.1 Å². The minimum absolute atomic E-state index is 0.0362. The first-order valence-electron chi connectivity index (χ1n) is 6.31. The summed E-state index contributed by atoms with van der Waals surface area (Å²) in [6.07, 6.45) is -2.48. The topological polar surface area (TPSA) is 67.1 Å². The molecule has 1 aromatic carbocycles. The number of anilines is 2. The second-order valence-electron chi connectivity index (χ2n) is 4.95. The van der Waals surface area contributed by atoms with E-state index < -0.39 is 17.8 Å². The van der Waals surface area contributed by atoms with Gasteiger partial charge in [0.25, 0.3) is 0 Å². The van der Waals surface area contributed by atoms with E-state index in [1.54, 1.807) is 6.92 Å². The summed E-state index contributed by atoms with van der Waals surface area (Å²) in [4.78, 5) is 11.7. The molecule has 20 heavy (non-hydrogen) atoms. The summed E-state index contributed by atoms with van der Waals surface area (Å²) in [6, 6.07) is 2.70. The molecule has 0 heterocycles. The SMILES string of the molecule is CC(Nc1ccc(C(F)(F)F)cc1N)C(=O)NC1CC1. The number of nitrogens with one attached hydrogen (secondary N) is 2. The van der Waals surface area contributed by atoms with Crippen molar-refractivity contribution < 1.29 is 18.0 Å². The number of halogens is 3. The maximum Gasteiger partial charge on any atom is 0.416 e. The average molecular weight is 287 g/mol. The van der Waals surface area contributed by atoms with Crippen LogP contribution in [-0.2, 0) is 11.0 Å². The Morgan fingerprint density at radius 1 is 1.40 bits per heavy atom. The van der Waals surface area contributed by atoms with E-state index in [9.17, 15) is 18.0 Å². The Kier molecular flexibility index (Phi) is 3.78. The van der Waals surface area contributed by atoms with Crippen LogP contribution in [0.4, 0.5) is 24.5 Å². The van der Waals surface area contributed by atoms with Crippen LogP contribution in [0.25, 0.3) is 0 Å². The van der Waals surface area contributed by atoms with Gasteiger partial charge in [-0.3, -0.25) is 4.79 Å². The quantitative estimate of drug-likeness (QED) is 0.745. The number of carbonyl (C=O) groups excluding carboxylic acids is 1. The summed E-state index contributed by atoms with van der Waals surface area (Å²) in [5.41, 5.74) is 5.06. The van der Waals surface area contributed by atoms with Gasteiger partial charge in [-0.15, -0.1) is 0 Å². The zero-order chi connectivity index (χ0) is 14.9. The summed E-state index contributed by atoms with van der Waals surface area (Å²) in [5.74, 6) is -0.188. The van der Waals surface area contributed by atoms with Crippen LogP contribution in [-0.4, -0.2) is 18.0 Å². The van der Waals surface area contributed by atoms with Gasteiger partial charge in [0, 0.05) is 6.04 Å². The minimum atomic E-state index is -4.43. The van der Waals surface area contributed by atoms with Crippen LogP contribution >= 0.6 is 0 Å². The second kappa shape index (κ2) is 5.22. The fourth-order valence-corrected chi connectivity index (χ4v) is 1.72. The predicted molar refractivity (Wildman–Crippen MR) is 70.1 cm³/mol. The smallest absolute Gasteiger partial charge is 0.397 e. The van der Waals surface area contributed by atoms with Gasteiger partial charge in [0.1, 0.15) is 6.04 Å². The third kappa shape index (κ3) is 3.55. The number of nitrogen functional groups attached to an aromatic ring is 1. The zero-order valence-corrected chi connectivity index (χ0v) is 10.9. The number of rotatable bonds is 4. The molecule has 2 rings (SSSR count). The van der Waals surface area contributed by atoms with Gasteiger partial charge in [-0.2, -0.15) is 13.2 Å². The molecule has 1 atom stereocenters. The highest BCUT2D eigenvalue weighted by Gasteiger charge is 2.31. The molecule has 0 radical (unpaired) electrons. The monoisotopic (exact) mass is 287 g/mol. The Bertz CT molecular complexity index is 512. The first-order valence-corrected chi connectivity index (χ1v) is 6.31. The summed E-state index contributed by atoms with van der Waals surface area (Å²) in [6.45, 7) is 1.63. The van der Waals surface area contributed by atoms with E-state index in [1.165, 1.54) is 6.07 Å². The maximum absolute atomic E-state index is 12.5. The van der Waals surface area contributed by atoms with Gasteiger partial charge in [0.05, 0.1) is 16.9 Å². The van der Waals surface area contributed by atoms with Crippen LogP contribution < -0.4 is 16.4 Å². The molecule has 0 saturated heterocycles. The maximum atomic E-state index is 12.5. The van der Waals surface area contributed by atoms with E-state index in [2.05, 4.69) is 10.6 Å².